The van der Waals surface area contributed by atoms with Crippen molar-refractivity contribution >= 4 is 0 Å². The second kappa shape index (κ2) is 5.86. The fourth-order valence-corrected chi connectivity index (χ4v) is 6.50. The molecular weight excluding hydrogens is 332 g/mol. The van der Waals surface area contributed by atoms with Gasteiger partial charge < -0.3 is 0 Å². The van der Waals surface area contributed by atoms with Crippen LogP contribution >= 0.6 is 0 Å². The van der Waals surface area contributed by atoms with Crippen LogP contribution in [0.3, 0.4) is 0 Å². The van der Waals surface area contributed by atoms with Gasteiger partial charge in [-0.05, 0) is 55.1 Å². The first kappa shape index (κ1) is 17.3. The first-order valence-electron chi connectivity index (χ1n) is 10.9. The van der Waals surface area contributed by atoms with E-state index >= 15 is 0 Å². The zero-order valence-electron chi connectivity index (χ0n) is 17.0. The van der Waals surface area contributed by atoms with Gasteiger partial charge in [-0.15, -0.1) is 0 Å². The van der Waals surface area contributed by atoms with E-state index in [1.807, 2.05) is 22.9 Å². The largest absolute Gasteiger partial charge is 0.281 e. The molecule has 2 atom stereocenters. The SMILES string of the molecule is CC1(C)[C@@H]2CC[C@@]1(C)c1c2c(=O)n(-c2ccccc2)n1CC1CCCCC1. The molecule has 2 aromatic rings. The molecule has 5 rings (SSSR count). The first-order valence-corrected chi connectivity index (χ1v) is 10.9. The fraction of sp³-hybridized carbons (Fsp3) is 0.625. The van der Waals surface area contributed by atoms with Crippen LogP contribution in [0.4, 0.5) is 0 Å². The summed E-state index contributed by atoms with van der Waals surface area (Å²) in [6.45, 7) is 8.20. The van der Waals surface area contributed by atoms with Gasteiger partial charge in [0, 0.05) is 17.5 Å². The number of fused-ring (bicyclic) bond motifs is 5. The summed E-state index contributed by atoms with van der Waals surface area (Å²) in [5, 5.41) is 0. The summed E-state index contributed by atoms with van der Waals surface area (Å²) in [7, 11) is 0. The van der Waals surface area contributed by atoms with Crippen LogP contribution < -0.4 is 5.56 Å². The Hall–Kier alpha value is -1.77. The van der Waals surface area contributed by atoms with Crippen molar-refractivity contribution in [1.29, 1.82) is 0 Å². The average Bonchev–Trinajstić information content (AvgIpc) is 3.15. The molecule has 0 spiro atoms. The highest BCUT2D eigenvalue weighted by Crippen LogP contribution is 2.67. The molecule has 0 amide bonds. The van der Waals surface area contributed by atoms with Crippen molar-refractivity contribution in [3.63, 3.8) is 0 Å². The van der Waals surface area contributed by atoms with E-state index in [4.69, 9.17) is 0 Å². The number of hydrogen-bond donors (Lipinski definition) is 0. The summed E-state index contributed by atoms with van der Waals surface area (Å²) in [5.74, 6) is 1.11. The zero-order valence-corrected chi connectivity index (χ0v) is 17.0. The number of aromatic nitrogens is 2. The van der Waals surface area contributed by atoms with Gasteiger partial charge in [-0.2, -0.15) is 0 Å². The lowest BCUT2D eigenvalue weighted by molar-refractivity contribution is 0.207. The van der Waals surface area contributed by atoms with E-state index in [9.17, 15) is 4.79 Å². The Morgan fingerprint density at radius 1 is 1.00 bits per heavy atom. The van der Waals surface area contributed by atoms with E-state index < -0.39 is 0 Å². The number of nitrogens with zero attached hydrogens (tertiary/aromatic N) is 2. The molecule has 1 aromatic carbocycles. The summed E-state index contributed by atoms with van der Waals surface area (Å²) >= 11 is 0. The third-order valence-corrected chi connectivity index (χ3v) is 8.43. The summed E-state index contributed by atoms with van der Waals surface area (Å²) in [4.78, 5) is 13.7. The highest BCUT2D eigenvalue weighted by atomic mass is 16.1. The maximum Gasteiger partial charge on any atom is 0.275 e. The van der Waals surface area contributed by atoms with E-state index in [0.717, 1.165) is 24.2 Å². The molecule has 1 aromatic heterocycles. The van der Waals surface area contributed by atoms with Gasteiger partial charge >= 0.3 is 0 Å². The lowest BCUT2D eigenvalue weighted by Crippen LogP contribution is -2.37. The molecule has 1 heterocycles. The van der Waals surface area contributed by atoms with Crippen LogP contribution in [0.15, 0.2) is 35.1 Å². The van der Waals surface area contributed by atoms with Crippen molar-refractivity contribution in [2.75, 3.05) is 0 Å². The van der Waals surface area contributed by atoms with Crippen molar-refractivity contribution in [2.24, 2.45) is 11.3 Å². The molecule has 3 aliphatic carbocycles. The maximum absolute atomic E-state index is 13.7. The van der Waals surface area contributed by atoms with Crippen LogP contribution in [-0.4, -0.2) is 9.36 Å². The van der Waals surface area contributed by atoms with E-state index in [1.165, 1.54) is 44.2 Å². The fourth-order valence-electron chi connectivity index (χ4n) is 6.50. The predicted octanol–water partition coefficient (Wildman–Crippen LogP) is 5.39. The Kier molecular flexibility index (Phi) is 3.76. The van der Waals surface area contributed by atoms with E-state index in [1.54, 1.807) is 0 Å². The molecule has 0 saturated heterocycles. The predicted molar refractivity (Wildman–Crippen MR) is 110 cm³/mol. The van der Waals surface area contributed by atoms with Crippen molar-refractivity contribution in [1.82, 2.24) is 9.36 Å². The third-order valence-electron chi connectivity index (χ3n) is 8.43. The average molecular weight is 365 g/mol. The minimum atomic E-state index is 0.112. The molecule has 3 nitrogen and oxygen atoms in total. The normalized spacial score (nSPS) is 29.2. The molecular formula is C24H32N2O. The molecule has 3 aliphatic rings. The molecule has 0 N–H and O–H groups in total. The van der Waals surface area contributed by atoms with Gasteiger partial charge in [-0.25, -0.2) is 4.68 Å². The summed E-state index contributed by atoms with van der Waals surface area (Å²) in [6, 6.07) is 10.3. The second-order valence-electron chi connectivity index (χ2n) is 9.95. The first-order chi connectivity index (χ1) is 12.9. The van der Waals surface area contributed by atoms with Gasteiger partial charge in [0.2, 0.25) is 0 Å². The second-order valence-corrected chi connectivity index (χ2v) is 9.95. The molecule has 0 aliphatic heterocycles. The van der Waals surface area contributed by atoms with Crippen LogP contribution in [0.2, 0.25) is 0 Å². The van der Waals surface area contributed by atoms with E-state index in [0.29, 0.717) is 11.8 Å². The lowest BCUT2D eigenvalue weighted by atomic mass is 9.70. The summed E-state index contributed by atoms with van der Waals surface area (Å²) < 4.78 is 4.44. The zero-order chi connectivity index (χ0) is 18.8. The Morgan fingerprint density at radius 2 is 1.70 bits per heavy atom. The van der Waals surface area contributed by atoms with Gasteiger partial charge in [-0.3, -0.25) is 9.48 Å². The highest BCUT2D eigenvalue weighted by molar-refractivity contribution is 5.47. The van der Waals surface area contributed by atoms with Crippen molar-refractivity contribution in [3.8, 4) is 5.69 Å². The van der Waals surface area contributed by atoms with Crippen molar-refractivity contribution in [3.05, 3.63) is 51.9 Å². The minimum absolute atomic E-state index is 0.112. The lowest BCUT2D eigenvalue weighted by Gasteiger charge is -2.37. The number of para-hydroxylation sites is 1. The standard InChI is InChI=1S/C24H32N2O/c1-23(2)19-14-15-24(23,3)21-20(19)22(27)26(18-12-8-5-9-13-18)25(21)16-17-10-6-4-7-11-17/h5,8-9,12-13,17,19H,4,6-7,10-11,14-16H2,1-3H3/t19-,24+/m1/s1. The van der Waals surface area contributed by atoms with E-state index in [-0.39, 0.29) is 16.4 Å². The molecule has 27 heavy (non-hydrogen) atoms. The molecule has 2 saturated carbocycles. The van der Waals surface area contributed by atoms with E-state index in [2.05, 4.69) is 37.6 Å². The van der Waals surface area contributed by atoms with Gasteiger partial charge in [0.15, 0.2) is 0 Å². The molecule has 3 heteroatoms. The quantitative estimate of drug-likeness (QED) is 0.717. The molecule has 0 radical (unpaired) electrons. The monoisotopic (exact) mass is 364 g/mol. The molecule has 144 valence electrons. The third kappa shape index (κ3) is 2.23. The van der Waals surface area contributed by atoms with Crippen molar-refractivity contribution in [2.45, 2.75) is 83.6 Å². The Balaban J connectivity index is 1.72. The Labute approximate surface area is 162 Å². The van der Waals surface area contributed by atoms with Crippen LogP contribution in [0, 0.1) is 11.3 Å². The minimum Gasteiger partial charge on any atom is -0.281 e. The topological polar surface area (TPSA) is 26.9 Å². The molecule has 0 unspecified atom stereocenters. The van der Waals surface area contributed by atoms with Crippen molar-refractivity contribution < 1.29 is 0 Å². The Bertz CT molecular complexity index is 914. The Morgan fingerprint density at radius 3 is 2.41 bits per heavy atom. The number of hydrogen-bond acceptors (Lipinski definition) is 1. The van der Waals surface area contributed by atoms with Crippen LogP contribution in [-0.2, 0) is 12.0 Å². The summed E-state index contributed by atoms with van der Waals surface area (Å²) in [6.07, 6.45) is 9.04. The van der Waals surface area contributed by atoms with Crippen LogP contribution in [0.25, 0.3) is 5.69 Å². The highest BCUT2D eigenvalue weighted by Gasteiger charge is 2.62. The molecule has 2 bridgehead atoms. The smallest absolute Gasteiger partial charge is 0.275 e. The van der Waals surface area contributed by atoms with Gasteiger partial charge in [0.25, 0.3) is 5.56 Å². The van der Waals surface area contributed by atoms with Crippen LogP contribution in [0.5, 0.6) is 0 Å². The van der Waals surface area contributed by atoms with Gasteiger partial charge in [0.05, 0.1) is 11.4 Å². The van der Waals surface area contributed by atoms with Crippen LogP contribution in [0.1, 0.15) is 82.9 Å². The number of benzene rings is 1. The molecule has 2 fully saturated rings. The number of rotatable bonds is 3. The summed E-state index contributed by atoms with van der Waals surface area (Å²) in [5.41, 5.74) is 4.06. The maximum atomic E-state index is 13.7. The van der Waals surface area contributed by atoms with Gasteiger partial charge in [0.1, 0.15) is 0 Å². The van der Waals surface area contributed by atoms with Gasteiger partial charge in [-0.1, -0.05) is 58.2 Å².